The second-order valence-electron chi connectivity index (χ2n) is 5.28. The van der Waals surface area contributed by atoms with E-state index in [0.717, 1.165) is 48.8 Å². The molecule has 3 rings (SSSR count). The molecule has 1 unspecified atom stereocenters. The Morgan fingerprint density at radius 2 is 2.14 bits per heavy atom. The first-order valence-electron chi connectivity index (χ1n) is 7.50. The number of benzene rings is 1. The van der Waals surface area contributed by atoms with Gasteiger partial charge in [-0.2, -0.15) is 0 Å². The zero-order valence-electron chi connectivity index (χ0n) is 12.3. The van der Waals surface area contributed by atoms with Crippen molar-refractivity contribution in [2.75, 3.05) is 18.1 Å². The van der Waals surface area contributed by atoms with Gasteiger partial charge in [-0.25, -0.2) is 0 Å². The molecule has 2 aromatic rings. The van der Waals surface area contributed by atoms with Crippen LogP contribution in [-0.2, 0) is 0 Å². The number of hydrogen-bond donors (Lipinski definition) is 1. The van der Waals surface area contributed by atoms with Crippen molar-refractivity contribution in [2.24, 2.45) is 5.73 Å². The van der Waals surface area contributed by atoms with Gasteiger partial charge in [0.25, 0.3) is 0 Å². The van der Waals surface area contributed by atoms with Gasteiger partial charge < -0.3 is 15.4 Å². The van der Waals surface area contributed by atoms with E-state index in [-0.39, 0.29) is 6.04 Å². The molecule has 0 amide bonds. The Kier molecular flexibility index (Phi) is 4.06. The molecule has 0 radical (unpaired) electrons. The number of fused-ring (bicyclic) bond motifs is 1. The van der Waals surface area contributed by atoms with Crippen molar-refractivity contribution in [3.63, 3.8) is 0 Å². The van der Waals surface area contributed by atoms with E-state index in [1.165, 1.54) is 0 Å². The Balaban J connectivity index is 1.93. The monoisotopic (exact) mass is 283 g/mol. The predicted molar refractivity (Wildman–Crippen MR) is 85.0 cm³/mol. The fourth-order valence-corrected chi connectivity index (χ4v) is 2.58. The number of aromatic nitrogens is 1. The molecule has 1 aliphatic heterocycles. The number of para-hydroxylation sites is 2. The number of anilines is 2. The van der Waals surface area contributed by atoms with Gasteiger partial charge in [-0.1, -0.05) is 19.1 Å². The first kappa shape index (κ1) is 13.9. The lowest BCUT2D eigenvalue weighted by Gasteiger charge is -2.24. The smallest absolute Gasteiger partial charge is 0.142 e. The van der Waals surface area contributed by atoms with Gasteiger partial charge in [0.1, 0.15) is 5.75 Å². The van der Waals surface area contributed by atoms with E-state index < -0.39 is 0 Å². The average Bonchev–Trinajstić information content (AvgIpc) is 2.77. The van der Waals surface area contributed by atoms with Crippen LogP contribution in [0, 0.1) is 0 Å². The minimum atomic E-state index is 0.0128. The van der Waals surface area contributed by atoms with Gasteiger partial charge in [-0.3, -0.25) is 4.98 Å². The van der Waals surface area contributed by atoms with Gasteiger partial charge in [0.2, 0.25) is 0 Å². The van der Waals surface area contributed by atoms with Crippen LogP contribution in [0.4, 0.5) is 11.4 Å². The van der Waals surface area contributed by atoms with Crippen LogP contribution in [0.3, 0.4) is 0 Å². The highest BCUT2D eigenvalue weighted by Gasteiger charge is 2.17. The molecule has 2 heterocycles. The lowest BCUT2D eigenvalue weighted by Crippen LogP contribution is -2.18. The van der Waals surface area contributed by atoms with Gasteiger partial charge in [0.15, 0.2) is 0 Å². The number of rotatable bonds is 3. The van der Waals surface area contributed by atoms with E-state index in [1.54, 1.807) is 0 Å². The van der Waals surface area contributed by atoms with E-state index in [2.05, 4.69) is 28.9 Å². The fraction of sp³-hybridized carbons (Fsp3) is 0.353. The molecular weight excluding hydrogens is 262 g/mol. The summed E-state index contributed by atoms with van der Waals surface area (Å²) < 4.78 is 5.80. The van der Waals surface area contributed by atoms with E-state index in [4.69, 9.17) is 10.5 Å². The molecule has 4 nitrogen and oxygen atoms in total. The van der Waals surface area contributed by atoms with E-state index in [0.29, 0.717) is 0 Å². The van der Waals surface area contributed by atoms with Crippen LogP contribution in [0.25, 0.3) is 0 Å². The molecule has 1 atom stereocenters. The Labute approximate surface area is 125 Å². The maximum atomic E-state index is 6.03. The van der Waals surface area contributed by atoms with Gasteiger partial charge in [0, 0.05) is 12.6 Å². The molecule has 0 saturated heterocycles. The molecule has 1 aromatic carbocycles. The van der Waals surface area contributed by atoms with Gasteiger partial charge >= 0.3 is 0 Å². The highest BCUT2D eigenvalue weighted by molar-refractivity contribution is 5.69. The molecule has 0 fully saturated rings. The minimum Gasteiger partial charge on any atom is -0.491 e. The van der Waals surface area contributed by atoms with Crippen molar-refractivity contribution < 1.29 is 4.74 Å². The third kappa shape index (κ3) is 2.85. The topological polar surface area (TPSA) is 51.4 Å². The van der Waals surface area contributed by atoms with E-state index in [1.807, 2.05) is 30.5 Å². The Morgan fingerprint density at radius 1 is 1.29 bits per heavy atom. The second kappa shape index (κ2) is 6.14. The summed E-state index contributed by atoms with van der Waals surface area (Å²) in [5.74, 6) is 0.935. The summed E-state index contributed by atoms with van der Waals surface area (Å²) in [6.07, 6.45) is 3.80. The molecule has 0 spiro atoms. The highest BCUT2D eigenvalue weighted by Crippen LogP contribution is 2.35. The molecule has 21 heavy (non-hydrogen) atoms. The van der Waals surface area contributed by atoms with Crippen LogP contribution in [0.1, 0.15) is 31.5 Å². The molecule has 1 aliphatic rings. The van der Waals surface area contributed by atoms with Crippen LogP contribution >= 0.6 is 0 Å². The fourth-order valence-electron chi connectivity index (χ4n) is 2.58. The molecule has 110 valence electrons. The van der Waals surface area contributed by atoms with Crippen LogP contribution in [0.5, 0.6) is 5.75 Å². The zero-order valence-corrected chi connectivity index (χ0v) is 12.3. The molecule has 4 heteroatoms. The van der Waals surface area contributed by atoms with Crippen molar-refractivity contribution >= 4 is 11.4 Å². The second-order valence-corrected chi connectivity index (χ2v) is 5.28. The predicted octanol–water partition coefficient (Wildman–Crippen LogP) is 3.41. The zero-order chi connectivity index (χ0) is 14.7. The lowest BCUT2D eigenvalue weighted by molar-refractivity contribution is 0.322. The number of hydrogen-bond acceptors (Lipinski definition) is 4. The standard InChI is InChI=1S/C17H21N3O/c1-2-14(18)15-9-8-13(12-19-15)20-10-5-11-21-17-7-4-3-6-16(17)20/h3-4,6-9,12,14H,2,5,10-11,18H2,1H3. The van der Waals surface area contributed by atoms with Crippen LogP contribution in [0.2, 0.25) is 0 Å². The first-order chi connectivity index (χ1) is 10.3. The third-order valence-corrected chi connectivity index (χ3v) is 3.84. The SMILES string of the molecule is CCC(N)c1ccc(N2CCCOc3ccccc32)cn1. The molecule has 0 saturated carbocycles. The normalized spacial score (nSPS) is 15.8. The molecule has 2 N–H and O–H groups in total. The van der Waals surface area contributed by atoms with Crippen molar-refractivity contribution in [1.29, 1.82) is 0 Å². The maximum Gasteiger partial charge on any atom is 0.142 e. The quantitative estimate of drug-likeness (QED) is 0.938. The Hall–Kier alpha value is -2.07. The first-order valence-corrected chi connectivity index (χ1v) is 7.50. The molecule has 0 aliphatic carbocycles. The van der Waals surface area contributed by atoms with Gasteiger partial charge in [0.05, 0.1) is 29.9 Å². The van der Waals surface area contributed by atoms with Crippen molar-refractivity contribution in [2.45, 2.75) is 25.8 Å². The van der Waals surface area contributed by atoms with Crippen LogP contribution in [0.15, 0.2) is 42.6 Å². The summed E-state index contributed by atoms with van der Waals surface area (Å²) in [6.45, 7) is 3.75. The summed E-state index contributed by atoms with van der Waals surface area (Å²) in [4.78, 5) is 6.78. The van der Waals surface area contributed by atoms with Gasteiger partial charge in [-0.05, 0) is 37.1 Å². The summed E-state index contributed by atoms with van der Waals surface area (Å²) in [7, 11) is 0. The summed E-state index contributed by atoms with van der Waals surface area (Å²) >= 11 is 0. The number of ether oxygens (including phenoxy) is 1. The van der Waals surface area contributed by atoms with Gasteiger partial charge in [-0.15, -0.1) is 0 Å². The lowest BCUT2D eigenvalue weighted by atomic mass is 10.1. The van der Waals surface area contributed by atoms with Crippen molar-refractivity contribution in [1.82, 2.24) is 4.98 Å². The summed E-state index contributed by atoms with van der Waals surface area (Å²) in [5.41, 5.74) is 9.16. The number of nitrogens with zero attached hydrogens (tertiary/aromatic N) is 2. The largest absolute Gasteiger partial charge is 0.491 e. The summed E-state index contributed by atoms with van der Waals surface area (Å²) in [5, 5.41) is 0. The van der Waals surface area contributed by atoms with Crippen molar-refractivity contribution in [3.05, 3.63) is 48.3 Å². The number of pyridine rings is 1. The maximum absolute atomic E-state index is 6.03. The number of nitrogens with two attached hydrogens (primary N) is 1. The average molecular weight is 283 g/mol. The minimum absolute atomic E-state index is 0.0128. The Morgan fingerprint density at radius 3 is 2.90 bits per heavy atom. The van der Waals surface area contributed by atoms with Crippen LogP contribution in [-0.4, -0.2) is 18.1 Å². The van der Waals surface area contributed by atoms with E-state index in [9.17, 15) is 0 Å². The van der Waals surface area contributed by atoms with E-state index >= 15 is 0 Å². The highest BCUT2D eigenvalue weighted by atomic mass is 16.5. The molecule has 0 bridgehead atoms. The van der Waals surface area contributed by atoms with Crippen LogP contribution < -0.4 is 15.4 Å². The molecule has 1 aromatic heterocycles. The molecular formula is C17H21N3O. The van der Waals surface area contributed by atoms with Crippen molar-refractivity contribution in [3.8, 4) is 5.75 Å². The summed E-state index contributed by atoms with van der Waals surface area (Å²) in [6, 6.07) is 12.3. The Bertz CT molecular complexity index is 597. The third-order valence-electron chi connectivity index (χ3n) is 3.84.